The summed E-state index contributed by atoms with van der Waals surface area (Å²) in [5.74, 6) is -0.512. The lowest BCUT2D eigenvalue weighted by atomic mass is 10.0. The summed E-state index contributed by atoms with van der Waals surface area (Å²) in [5.41, 5.74) is 7.57. The minimum absolute atomic E-state index is 0. The van der Waals surface area contributed by atoms with Crippen LogP contribution in [0.15, 0.2) is 42.7 Å². The van der Waals surface area contributed by atoms with Gasteiger partial charge in [0.1, 0.15) is 0 Å². The van der Waals surface area contributed by atoms with E-state index in [2.05, 4.69) is 4.98 Å². The Morgan fingerprint density at radius 3 is 2.41 bits per heavy atom. The highest BCUT2D eigenvalue weighted by molar-refractivity contribution is 6.22. The summed E-state index contributed by atoms with van der Waals surface area (Å²) in [6.07, 6.45) is 4.13. The van der Waals surface area contributed by atoms with E-state index in [-0.39, 0.29) is 54.6 Å². The van der Waals surface area contributed by atoms with Crippen LogP contribution in [-0.2, 0) is 6.54 Å². The molecule has 1 saturated heterocycles. The summed E-state index contributed by atoms with van der Waals surface area (Å²) in [7, 11) is 0. The van der Waals surface area contributed by atoms with Gasteiger partial charge in [0.15, 0.2) is 0 Å². The Morgan fingerprint density at radius 2 is 1.76 bits per heavy atom. The molecule has 0 saturated carbocycles. The van der Waals surface area contributed by atoms with Crippen molar-refractivity contribution in [1.82, 2.24) is 14.8 Å². The molecule has 0 bridgehead atoms. The van der Waals surface area contributed by atoms with Crippen LogP contribution in [0.4, 0.5) is 0 Å². The molecule has 3 amide bonds. The van der Waals surface area contributed by atoms with Gasteiger partial charge in [-0.15, -0.1) is 24.8 Å². The number of benzene rings is 1. The van der Waals surface area contributed by atoms with Crippen molar-refractivity contribution >= 4 is 42.5 Å². The Labute approximate surface area is 181 Å². The van der Waals surface area contributed by atoms with Crippen molar-refractivity contribution in [2.75, 3.05) is 19.6 Å². The molecule has 2 aromatic rings. The van der Waals surface area contributed by atoms with Gasteiger partial charge >= 0.3 is 0 Å². The van der Waals surface area contributed by atoms with Gasteiger partial charge in [-0.2, -0.15) is 0 Å². The van der Waals surface area contributed by atoms with Gasteiger partial charge in [0, 0.05) is 31.0 Å². The standard InChI is InChI=1S/C20H20N4O3.2ClH/c21-10-14-5-8-23(11-14)18(25)15-1-2-16-17(9-15)20(27)24(19(16)26)12-13-3-6-22-7-4-13;;/h1-4,6-7,9,14H,5,8,10-12,21H2;2*1H. The summed E-state index contributed by atoms with van der Waals surface area (Å²) in [4.78, 5) is 45.0. The van der Waals surface area contributed by atoms with Gasteiger partial charge in [-0.05, 0) is 54.8 Å². The molecule has 1 atom stereocenters. The maximum Gasteiger partial charge on any atom is 0.261 e. The number of pyridine rings is 1. The van der Waals surface area contributed by atoms with Crippen molar-refractivity contribution in [2.45, 2.75) is 13.0 Å². The summed E-state index contributed by atoms with van der Waals surface area (Å²) in [6, 6.07) is 8.27. The van der Waals surface area contributed by atoms with Gasteiger partial charge in [-0.1, -0.05) is 0 Å². The van der Waals surface area contributed by atoms with Crippen molar-refractivity contribution < 1.29 is 14.4 Å². The quantitative estimate of drug-likeness (QED) is 0.740. The van der Waals surface area contributed by atoms with Crippen molar-refractivity contribution in [1.29, 1.82) is 0 Å². The highest BCUT2D eigenvalue weighted by atomic mass is 35.5. The molecule has 29 heavy (non-hydrogen) atoms. The number of likely N-dealkylation sites (tertiary alicyclic amines) is 1. The third-order valence-corrected chi connectivity index (χ3v) is 5.21. The number of imide groups is 1. The maximum atomic E-state index is 12.8. The molecule has 154 valence electrons. The first-order chi connectivity index (χ1) is 13.1. The number of hydrogen-bond acceptors (Lipinski definition) is 5. The van der Waals surface area contributed by atoms with Crippen LogP contribution in [-0.4, -0.2) is 52.1 Å². The Balaban J connectivity index is 0.00000150. The molecule has 4 rings (SSSR count). The number of halogens is 2. The van der Waals surface area contributed by atoms with E-state index in [1.807, 2.05) is 0 Å². The normalized spacial score (nSPS) is 17.6. The molecule has 0 spiro atoms. The lowest BCUT2D eigenvalue weighted by Gasteiger charge is -2.16. The number of hydrogen-bond donors (Lipinski definition) is 1. The van der Waals surface area contributed by atoms with E-state index in [0.717, 1.165) is 12.0 Å². The van der Waals surface area contributed by atoms with Crippen molar-refractivity contribution in [3.05, 3.63) is 65.0 Å². The molecule has 2 aliphatic rings. The van der Waals surface area contributed by atoms with E-state index in [1.165, 1.54) is 4.90 Å². The van der Waals surface area contributed by atoms with Crippen molar-refractivity contribution in [3.8, 4) is 0 Å². The zero-order valence-electron chi connectivity index (χ0n) is 15.6. The van der Waals surface area contributed by atoms with Gasteiger partial charge < -0.3 is 10.6 Å². The molecule has 1 fully saturated rings. The lowest BCUT2D eigenvalue weighted by Crippen LogP contribution is -2.30. The zero-order chi connectivity index (χ0) is 19.0. The van der Waals surface area contributed by atoms with E-state index >= 15 is 0 Å². The Morgan fingerprint density at radius 1 is 1.07 bits per heavy atom. The fraction of sp³-hybridized carbons (Fsp3) is 0.300. The molecular formula is C20H22Cl2N4O3. The van der Waals surface area contributed by atoms with Crippen LogP contribution in [0.2, 0.25) is 0 Å². The van der Waals surface area contributed by atoms with E-state index in [4.69, 9.17) is 5.73 Å². The Hall–Kier alpha value is -2.48. The molecule has 9 heteroatoms. The van der Waals surface area contributed by atoms with E-state index < -0.39 is 0 Å². The predicted molar refractivity (Wildman–Crippen MR) is 112 cm³/mol. The van der Waals surface area contributed by atoms with Crippen LogP contribution < -0.4 is 5.73 Å². The average molecular weight is 437 g/mol. The molecule has 2 aliphatic heterocycles. The van der Waals surface area contributed by atoms with Crippen LogP contribution in [0.25, 0.3) is 0 Å². The average Bonchev–Trinajstić information content (AvgIpc) is 3.27. The summed E-state index contributed by atoms with van der Waals surface area (Å²) in [6.45, 7) is 2.04. The van der Waals surface area contributed by atoms with E-state index in [0.29, 0.717) is 36.7 Å². The molecule has 0 radical (unpaired) electrons. The van der Waals surface area contributed by atoms with Gasteiger partial charge in [-0.3, -0.25) is 24.3 Å². The first-order valence-corrected chi connectivity index (χ1v) is 8.97. The number of carbonyl (C=O) groups excluding carboxylic acids is 3. The monoisotopic (exact) mass is 436 g/mol. The van der Waals surface area contributed by atoms with Gasteiger partial charge in [-0.25, -0.2) is 0 Å². The third-order valence-electron chi connectivity index (χ3n) is 5.21. The van der Waals surface area contributed by atoms with E-state index in [1.54, 1.807) is 47.6 Å². The largest absolute Gasteiger partial charge is 0.338 e. The summed E-state index contributed by atoms with van der Waals surface area (Å²) in [5, 5.41) is 0. The second kappa shape index (κ2) is 9.35. The number of nitrogens with two attached hydrogens (primary N) is 1. The van der Waals surface area contributed by atoms with Crippen LogP contribution in [0, 0.1) is 5.92 Å². The third kappa shape index (κ3) is 4.27. The fourth-order valence-electron chi connectivity index (χ4n) is 3.63. The number of fused-ring (bicyclic) bond motifs is 1. The number of aromatic nitrogens is 1. The minimum Gasteiger partial charge on any atom is -0.338 e. The van der Waals surface area contributed by atoms with Crippen molar-refractivity contribution in [2.24, 2.45) is 11.7 Å². The number of carbonyl (C=O) groups is 3. The Bertz CT molecular complexity index is 923. The number of nitrogens with zero attached hydrogens (tertiary/aromatic N) is 3. The molecule has 1 unspecified atom stereocenters. The molecule has 3 heterocycles. The van der Waals surface area contributed by atoms with Crippen LogP contribution >= 0.6 is 24.8 Å². The minimum atomic E-state index is -0.372. The fourth-order valence-corrected chi connectivity index (χ4v) is 3.63. The summed E-state index contributed by atoms with van der Waals surface area (Å²) < 4.78 is 0. The number of amides is 3. The van der Waals surface area contributed by atoms with Crippen LogP contribution in [0.3, 0.4) is 0 Å². The second-order valence-electron chi connectivity index (χ2n) is 6.95. The molecule has 2 N–H and O–H groups in total. The van der Waals surface area contributed by atoms with Gasteiger partial charge in [0.2, 0.25) is 0 Å². The van der Waals surface area contributed by atoms with E-state index in [9.17, 15) is 14.4 Å². The molecule has 1 aromatic heterocycles. The first-order valence-electron chi connectivity index (χ1n) is 8.97. The summed E-state index contributed by atoms with van der Waals surface area (Å²) >= 11 is 0. The molecule has 0 aliphatic carbocycles. The predicted octanol–water partition coefficient (Wildman–Crippen LogP) is 2.14. The second-order valence-corrected chi connectivity index (χ2v) is 6.95. The topological polar surface area (TPSA) is 96.6 Å². The zero-order valence-corrected chi connectivity index (χ0v) is 17.2. The molecular weight excluding hydrogens is 415 g/mol. The smallest absolute Gasteiger partial charge is 0.261 e. The van der Waals surface area contributed by atoms with Gasteiger partial charge in [0.25, 0.3) is 17.7 Å². The van der Waals surface area contributed by atoms with Gasteiger partial charge in [0.05, 0.1) is 17.7 Å². The van der Waals surface area contributed by atoms with Crippen LogP contribution in [0.5, 0.6) is 0 Å². The molecule has 1 aromatic carbocycles. The SMILES string of the molecule is Cl.Cl.NCC1CCN(C(=O)c2ccc3c(c2)C(=O)N(Cc2ccncc2)C3=O)C1. The van der Waals surface area contributed by atoms with Crippen molar-refractivity contribution in [3.63, 3.8) is 0 Å². The highest BCUT2D eigenvalue weighted by Gasteiger charge is 2.36. The Kier molecular flexibility index (Phi) is 7.35. The molecule has 7 nitrogen and oxygen atoms in total. The van der Waals surface area contributed by atoms with Crippen LogP contribution in [0.1, 0.15) is 43.1 Å². The maximum absolute atomic E-state index is 12.8. The lowest BCUT2D eigenvalue weighted by molar-refractivity contribution is 0.0642. The highest BCUT2D eigenvalue weighted by Crippen LogP contribution is 2.27. The first kappa shape index (κ1) is 22.8. The number of rotatable bonds is 4.